The highest BCUT2D eigenvalue weighted by Gasteiger charge is 2.22. The first-order valence-corrected chi connectivity index (χ1v) is 9.56. The van der Waals surface area contributed by atoms with Gasteiger partial charge in [-0.05, 0) is 66.7 Å². The predicted octanol–water partition coefficient (Wildman–Crippen LogP) is 3.59. The Bertz CT molecular complexity index is 904. The zero-order valence-corrected chi connectivity index (χ0v) is 16.1. The Morgan fingerprint density at radius 3 is 2.84 bits per heavy atom. The molecule has 0 radical (unpaired) electrons. The van der Waals surface area contributed by atoms with Crippen LogP contribution in [-0.2, 0) is 0 Å². The molecular formula is C18H23BrN6. The summed E-state index contributed by atoms with van der Waals surface area (Å²) < 4.78 is 4.74. The first-order chi connectivity index (χ1) is 12.1. The van der Waals surface area contributed by atoms with Crippen LogP contribution in [0.3, 0.4) is 0 Å². The van der Waals surface area contributed by atoms with Crippen molar-refractivity contribution in [1.82, 2.24) is 24.7 Å². The van der Waals surface area contributed by atoms with Crippen molar-refractivity contribution in [2.24, 2.45) is 0 Å². The molecule has 3 N–H and O–H groups in total. The summed E-state index contributed by atoms with van der Waals surface area (Å²) in [6, 6.07) is 2.56. The fourth-order valence-electron chi connectivity index (χ4n) is 3.54. The molecule has 4 heterocycles. The van der Waals surface area contributed by atoms with Gasteiger partial charge in [-0.15, -0.1) is 0 Å². The lowest BCUT2D eigenvalue weighted by Gasteiger charge is -2.25. The normalized spacial score (nSPS) is 18.3. The van der Waals surface area contributed by atoms with E-state index in [0.717, 1.165) is 34.2 Å². The maximum absolute atomic E-state index is 6.38. The molecule has 1 fully saturated rings. The topological polar surface area (TPSA) is 73.2 Å². The third kappa shape index (κ3) is 2.85. The van der Waals surface area contributed by atoms with Gasteiger partial charge >= 0.3 is 0 Å². The van der Waals surface area contributed by atoms with Gasteiger partial charge in [0, 0.05) is 29.9 Å². The highest BCUT2D eigenvalue weighted by atomic mass is 79.9. The molecule has 1 saturated heterocycles. The summed E-state index contributed by atoms with van der Waals surface area (Å²) >= 11 is 3.70. The number of nitrogen functional groups attached to an aromatic ring is 1. The number of piperidine rings is 1. The summed E-state index contributed by atoms with van der Waals surface area (Å²) in [5, 5.41) is 12.5. The summed E-state index contributed by atoms with van der Waals surface area (Å²) in [7, 11) is 0. The van der Waals surface area contributed by atoms with E-state index < -0.39 is 0 Å². The molecule has 1 atom stereocenters. The molecule has 0 aliphatic carbocycles. The molecule has 0 amide bonds. The summed E-state index contributed by atoms with van der Waals surface area (Å²) in [5.41, 5.74) is 10.8. The van der Waals surface area contributed by atoms with E-state index in [4.69, 9.17) is 5.73 Å². The number of rotatable bonds is 3. The van der Waals surface area contributed by atoms with Gasteiger partial charge in [0.05, 0.1) is 22.4 Å². The molecule has 0 spiro atoms. The molecular weight excluding hydrogens is 380 g/mol. The van der Waals surface area contributed by atoms with Crippen molar-refractivity contribution in [1.29, 1.82) is 0 Å². The van der Waals surface area contributed by atoms with Crippen molar-refractivity contribution >= 4 is 27.3 Å². The van der Waals surface area contributed by atoms with Gasteiger partial charge in [0.2, 0.25) is 0 Å². The second-order valence-corrected chi connectivity index (χ2v) is 7.79. The van der Waals surface area contributed by atoms with E-state index >= 15 is 0 Å². The smallest absolute Gasteiger partial charge is 0.140 e. The second-order valence-electron chi connectivity index (χ2n) is 7.00. The van der Waals surface area contributed by atoms with Crippen LogP contribution in [0.15, 0.2) is 29.1 Å². The van der Waals surface area contributed by atoms with Gasteiger partial charge in [0.25, 0.3) is 0 Å². The van der Waals surface area contributed by atoms with E-state index in [0.29, 0.717) is 17.8 Å². The van der Waals surface area contributed by atoms with Crippen LogP contribution in [0.2, 0.25) is 0 Å². The van der Waals surface area contributed by atoms with Gasteiger partial charge in [-0.25, -0.2) is 4.52 Å². The minimum atomic E-state index is 0.332. The van der Waals surface area contributed by atoms with Crippen molar-refractivity contribution in [2.75, 3.05) is 18.8 Å². The lowest BCUT2D eigenvalue weighted by molar-refractivity contribution is 0.460. The molecule has 3 aromatic heterocycles. The van der Waals surface area contributed by atoms with Crippen molar-refractivity contribution in [3.05, 3.63) is 34.7 Å². The maximum atomic E-state index is 6.38. The Kier molecular flexibility index (Phi) is 4.29. The highest BCUT2D eigenvalue weighted by molar-refractivity contribution is 9.10. The molecule has 132 valence electrons. The van der Waals surface area contributed by atoms with E-state index in [1.807, 2.05) is 21.6 Å². The second kappa shape index (κ2) is 6.46. The van der Waals surface area contributed by atoms with Gasteiger partial charge in [-0.3, -0.25) is 4.68 Å². The zero-order chi connectivity index (χ0) is 17.6. The van der Waals surface area contributed by atoms with Crippen LogP contribution in [-0.4, -0.2) is 32.5 Å². The van der Waals surface area contributed by atoms with E-state index in [-0.39, 0.29) is 0 Å². The molecule has 1 aliphatic heterocycles. The minimum absolute atomic E-state index is 0.332. The quantitative estimate of drug-likeness (QED) is 0.701. The lowest BCUT2D eigenvalue weighted by atomic mass is 9.91. The van der Waals surface area contributed by atoms with Gasteiger partial charge in [-0.2, -0.15) is 10.2 Å². The summed E-state index contributed by atoms with van der Waals surface area (Å²) in [6.07, 6.45) is 8.22. The van der Waals surface area contributed by atoms with Crippen LogP contribution in [0, 0.1) is 0 Å². The van der Waals surface area contributed by atoms with Crippen molar-refractivity contribution in [3.8, 4) is 11.1 Å². The molecule has 0 aromatic carbocycles. The van der Waals surface area contributed by atoms with E-state index in [9.17, 15) is 0 Å². The predicted molar refractivity (Wildman–Crippen MR) is 104 cm³/mol. The number of hydrogen-bond donors (Lipinski definition) is 2. The number of pyridine rings is 1. The summed E-state index contributed by atoms with van der Waals surface area (Å²) in [6.45, 7) is 6.33. The Morgan fingerprint density at radius 2 is 2.16 bits per heavy atom. The van der Waals surface area contributed by atoms with Gasteiger partial charge in [0.1, 0.15) is 5.82 Å². The first kappa shape index (κ1) is 16.6. The third-order valence-corrected chi connectivity index (χ3v) is 5.85. The van der Waals surface area contributed by atoms with Crippen LogP contribution in [0.1, 0.15) is 44.2 Å². The Morgan fingerprint density at radius 1 is 1.32 bits per heavy atom. The van der Waals surface area contributed by atoms with Gasteiger partial charge in [-0.1, -0.05) is 0 Å². The van der Waals surface area contributed by atoms with Gasteiger partial charge in [0.15, 0.2) is 0 Å². The van der Waals surface area contributed by atoms with Crippen LogP contribution >= 0.6 is 15.9 Å². The number of nitrogens with zero attached hydrogens (tertiary/aromatic N) is 4. The van der Waals surface area contributed by atoms with E-state index in [1.54, 1.807) is 0 Å². The third-order valence-electron chi connectivity index (χ3n) is 4.98. The number of halogens is 1. The average molecular weight is 403 g/mol. The largest absolute Gasteiger partial charge is 0.383 e. The number of anilines is 1. The van der Waals surface area contributed by atoms with Crippen molar-refractivity contribution < 1.29 is 0 Å². The van der Waals surface area contributed by atoms with Crippen molar-refractivity contribution in [3.63, 3.8) is 0 Å². The van der Waals surface area contributed by atoms with E-state index in [2.05, 4.69) is 57.6 Å². The molecule has 3 aromatic rings. The number of aromatic nitrogens is 4. The molecule has 6 nitrogen and oxygen atoms in total. The first-order valence-electron chi connectivity index (χ1n) is 8.77. The van der Waals surface area contributed by atoms with Crippen molar-refractivity contribution in [2.45, 2.75) is 38.6 Å². The standard InChI is InChI=1S/C18H23BrN6/c1-11(2)24-10-13(8-22-24)15-9-23-25-16(15)6-14(17(19)18(25)20)12-4-3-5-21-7-12/h6,8-12,21H,3-5,7,20H2,1-2H3/t12-/m1/s1. The Balaban J connectivity index is 1.84. The average Bonchev–Trinajstić information content (AvgIpc) is 3.25. The molecule has 4 rings (SSSR count). The number of nitrogens with one attached hydrogen (secondary N) is 1. The van der Waals surface area contributed by atoms with E-state index in [1.165, 1.54) is 18.4 Å². The van der Waals surface area contributed by atoms with Crippen LogP contribution < -0.4 is 11.1 Å². The SMILES string of the molecule is CC(C)n1cc(-c2cnn3c(N)c(Br)c([C@@H]4CCCNC4)cc23)cn1. The van der Waals surface area contributed by atoms with Crippen LogP contribution in [0.5, 0.6) is 0 Å². The fraction of sp³-hybridized carbons (Fsp3) is 0.444. The fourth-order valence-corrected chi connectivity index (χ4v) is 4.14. The molecule has 0 bridgehead atoms. The molecule has 1 aliphatic rings. The summed E-state index contributed by atoms with van der Waals surface area (Å²) in [5.74, 6) is 1.12. The monoisotopic (exact) mass is 402 g/mol. The van der Waals surface area contributed by atoms with Gasteiger partial charge < -0.3 is 11.1 Å². The zero-order valence-electron chi connectivity index (χ0n) is 14.5. The lowest BCUT2D eigenvalue weighted by Crippen LogP contribution is -2.28. The molecule has 0 unspecified atom stereocenters. The Hall–Kier alpha value is -1.86. The Labute approximate surface area is 155 Å². The highest BCUT2D eigenvalue weighted by Crippen LogP contribution is 2.37. The maximum Gasteiger partial charge on any atom is 0.140 e. The number of fused-ring (bicyclic) bond motifs is 1. The number of nitrogens with two attached hydrogens (primary N) is 1. The molecule has 7 heteroatoms. The number of hydrogen-bond acceptors (Lipinski definition) is 4. The summed E-state index contributed by atoms with van der Waals surface area (Å²) in [4.78, 5) is 0. The van der Waals surface area contributed by atoms with Crippen LogP contribution in [0.4, 0.5) is 5.82 Å². The molecule has 25 heavy (non-hydrogen) atoms. The minimum Gasteiger partial charge on any atom is -0.383 e. The van der Waals surface area contributed by atoms with Crippen LogP contribution in [0.25, 0.3) is 16.6 Å². The molecule has 0 saturated carbocycles.